The van der Waals surface area contributed by atoms with E-state index in [0.717, 1.165) is 12.1 Å². The van der Waals surface area contributed by atoms with E-state index in [9.17, 15) is 18.0 Å². The van der Waals surface area contributed by atoms with Gasteiger partial charge in [0.2, 0.25) is 0 Å². The van der Waals surface area contributed by atoms with Gasteiger partial charge in [-0.05, 0) is 17.7 Å². The minimum Gasteiger partial charge on any atom is -0.298 e. The van der Waals surface area contributed by atoms with E-state index >= 15 is 0 Å². The first-order valence-electron chi connectivity index (χ1n) is 4.70. The fraction of sp³-hybridized carbons (Fsp3) is 0.364. The first-order chi connectivity index (χ1) is 7.36. The lowest BCUT2D eigenvalue weighted by Crippen LogP contribution is -2.09. The van der Waals surface area contributed by atoms with Crippen LogP contribution in [0.25, 0.3) is 0 Å². The van der Waals surface area contributed by atoms with Crippen LogP contribution in [0.4, 0.5) is 13.2 Å². The number of carbonyl (C=O) groups excluding carboxylic acids is 1. The molecule has 1 nitrogen and oxygen atoms in total. The second-order valence-corrected chi connectivity index (χ2v) is 3.74. The molecule has 1 aromatic carbocycles. The Labute approximate surface area is 96.2 Å². The zero-order chi connectivity index (χ0) is 12.3. The van der Waals surface area contributed by atoms with Crippen LogP contribution < -0.4 is 0 Å². The van der Waals surface area contributed by atoms with E-state index in [2.05, 4.69) is 0 Å². The van der Waals surface area contributed by atoms with Crippen molar-refractivity contribution in [3.05, 3.63) is 35.4 Å². The molecule has 1 rings (SSSR count). The molecule has 0 N–H and O–H groups in total. The average Bonchev–Trinajstić information content (AvgIpc) is 2.26. The molecule has 0 saturated carbocycles. The lowest BCUT2D eigenvalue weighted by Gasteiger charge is -2.11. The van der Waals surface area contributed by atoms with E-state index < -0.39 is 17.1 Å². The van der Waals surface area contributed by atoms with Crippen LogP contribution in [0.15, 0.2) is 24.3 Å². The second-order valence-electron chi connectivity index (χ2n) is 3.31. The van der Waals surface area contributed by atoms with Crippen molar-refractivity contribution in [2.75, 3.05) is 0 Å². The minimum atomic E-state index is -4.41. The van der Waals surface area contributed by atoms with Gasteiger partial charge >= 0.3 is 6.18 Å². The van der Waals surface area contributed by atoms with Crippen LogP contribution in [0.3, 0.4) is 0 Å². The van der Waals surface area contributed by atoms with Crippen LogP contribution >= 0.6 is 11.6 Å². The molecule has 1 aromatic rings. The van der Waals surface area contributed by atoms with Crippen LogP contribution in [0.5, 0.6) is 0 Å². The zero-order valence-corrected chi connectivity index (χ0v) is 9.27. The van der Waals surface area contributed by atoms with Crippen molar-refractivity contribution in [3.8, 4) is 0 Å². The van der Waals surface area contributed by atoms with Crippen LogP contribution in [-0.4, -0.2) is 5.78 Å². The van der Waals surface area contributed by atoms with E-state index in [1.54, 1.807) is 6.92 Å². The van der Waals surface area contributed by atoms with Gasteiger partial charge in [0.25, 0.3) is 0 Å². The Bertz CT molecular complexity index is 387. The Morgan fingerprint density at radius 2 is 2.06 bits per heavy atom. The maximum absolute atomic E-state index is 12.4. The standard InChI is InChI=1S/C11H10ClF3O/c1-2-9(16)10(12)7-4-3-5-8(6-7)11(13,14)15/h3-6,10H,2H2,1H3. The Kier molecular flexibility index (Phi) is 3.97. The molecule has 0 spiro atoms. The van der Waals surface area contributed by atoms with Crippen molar-refractivity contribution in [2.45, 2.75) is 24.9 Å². The quantitative estimate of drug-likeness (QED) is 0.742. The molecule has 0 aliphatic heterocycles. The van der Waals surface area contributed by atoms with Gasteiger partial charge < -0.3 is 0 Å². The number of hydrogen-bond acceptors (Lipinski definition) is 1. The molecule has 0 amide bonds. The summed E-state index contributed by atoms with van der Waals surface area (Å²) in [4.78, 5) is 11.3. The molecule has 0 fully saturated rings. The maximum atomic E-state index is 12.4. The molecule has 0 aromatic heterocycles. The van der Waals surface area contributed by atoms with Gasteiger partial charge in [-0.1, -0.05) is 19.1 Å². The third-order valence-electron chi connectivity index (χ3n) is 2.14. The Morgan fingerprint density at radius 3 is 2.56 bits per heavy atom. The highest BCUT2D eigenvalue weighted by Crippen LogP contribution is 2.32. The molecular formula is C11H10ClF3O. The molecule has 0 bridgehead atoms. The van der Waals surface area contributed by atoms with E-state index in [0.29, 0.717) is 0 Å². The highest BCUT2D eigenvalue weighted by atomic mass is 35.5. The first kappa shape index (κ1) is 13.0. The molecule has 0 radical (unpaired) electrons. The monoisotopic (exact) mass is 250 g/mol. The summed E-state index contributed by atoms with van der Waals surface area (Å²) >= 11 is 5.76. The lowest BCUT2D eigenvalue weighted by atomic mass is 10.0. The van der Waals surface area contributed by atoms with Gasteiger partial charge in [0, 0.05) is 6.42 Å². The van der Waals surface area contributed by atoms with E-state index in [1.807, 2.05) is 0 Å². The summed E-state index contributed by atoms with van der Waals surface area (Å²) in [5, 5.41) is -1.01. The summed E-state index contributed by atoms with van der Waals surface area (Å²) in [6, 6.07) is 4.52. The van der Waals surface area contributed by atoms with Crippen molar-refractivity contribution >= 4 is 17.4 Å². The number of rotatable bonds is 3. The van der Waals surface area contributed by atoms with Gasteiger partial charge in [-0.25, -0.2) is 0 Å². The van der Waals surface area contributed by atoms with Crippen LogP contribution in [-0.2, 0) is 11.0 Å². The number of hydrogen-bond donors (Lipinski definition) is 0. The number of carbonyl (C=O) groups is 1. The van der Waals surface area contributed by atoms with Gasteiger partial charge in [0.1, 0.15) is 5.38 Å². The van der Waals surface area contributed by atoms with E-state index in [1.165, 1.54) is 12.1 Å². The fourth-order valence-corrected chi connectivity index (χ4v) is 1.53. The molecule has 1 unspecified atom stereocenters. The number of halogens is 4. The third-order valence-corrected chi connectivity index (χ3v) is 2.63. The Balaban J connectivity index is 3.04. The summed E-state index contributed by atoms with van der Waals surface area (Å²) < 4.78 is 37.2. The molecule has 0 saturated heterocycles. The fourth-order valence-electron chi connectivity index (χ4n) is 1.24. The predicted octanol–water partition coefficient (Wildman–Crippen LogP) is 3.96. The number of alkyl halides is 4. The average molecular weight is 251 g/mol. The predicted molar refractivity (Wildman–Crippen MR) is 55.3 cm³/mol. The molecule has 16 heavy (non-hydrogen) atoms. The van der Waals surface area contributed by atoms with Crippen molar-refractivity contribution in [2.24, 2.45) is 0 Å². The van der Waals surface area contributed by atoms with Crippen molar-refractivity contribution < 1.29 is 18.0 Å². The SMILES string of the molecule is CCC(=O)C(Cl)c1cccc(C(F)(F)F)c1. The zero-order valence-electron chi connectivity index (χ0n) is 8.51. The largest absolute Gasteiger partial charge is 0.416 e. The normalized spacial score (nSPS) is 13.6. The number of ketones is 1. The molecule has 5 heteroatoms. The highest BCUT2D eigenvalue weighted by Gasteiger charge is 2.31. The minimum absolute atomic E-state index is 0.184. The Hall–Kier alpha value is -1.03. The number of Topliss-reactive ketones (excluding diaryl/α,β-unsaturated/α-hetero) is 1. The molecule has 0 aliphatic rings. The molecule has 0 heterocycles. The van der Waals surface area contributed by atoms with Crippen molar-refractivity contribution in [1.29, 1.82) is 0 Å². The van der Waals surface area contributed by atoms with E-state index in [-0.39, 0.29) is 17.8 Å². The summed E-state index contributed by atoms with van der Waals surface area (Å²) in [5.74, 6) is -0.291. The van der Waals surface area contributed by atoms with Crippen molar-refractivity contribution in [1.82, 2.24) is 0 Å². The van der Waals surface area contributed by atoms with Crippen LogP contribution in [0.2, 0.25) is 0 Å². The first-order valence-corrected chi connectivity index (χ1v) is 5.14. The van der Waals surface area contributed by atoms with Gasteiger partial charge in [-0.2, -0.15) is 13.2 Å². The van der Waals surface area contributed by atoms with Gasteiger partial charge in [0.15, 0.2) is 5.78 Å². The lowest BCUT2D eigenvalue weighted by molar-refractivity contribution is -0.137. The van der Waals surface area contributed by atoms with Gasteiger partial charge in [0.05, 0.1) is 5.56 Å². The highest BCUT2D eigenvalue weighted by molar-refractivity contribution is 6.31. The number of benzene rings is 1. The van der Waals surface area contributed by atoms with Crippen molar-refractivity contribution in [3.63, 3.8) is 0 Å². The van der Waals surface area contributed by atoms with Crippen LogP contribution in [0, 0.1) is 0 Å². The smallest absolute Gasteiger partial charge is 0.298 e. The second kappa shape index (κ2) is 4.87. The summed E-state index contributed by atoms with van der Waals surface area (Å²) in [5.41, 5.74) is -0.608. The summed E-state index contributed by atoms with van der Waals surface area (Å²) in [6.07, 6.45) is -4.22. The summed E-state index contributed by atoms with van der Waals surface area (Å²) in [6.45, 7) is 1.62. The van der Waals surface area contributed by atoms with Gasteiger partial charge in [-0.3, -0.25) is 4.79 Å². The molecule has 0 aliphatic carbocycles. The molecular weight excluding hydrogens is 241 g/mol. The topological polar surface area (TPSA) is 17.1 Å². The maximum Gasteiger partial charge on any atom is 0.416 e. The Morgan fingerprint density at radius 1 is 1.44 bits per heavy atom. The van der Waals surface area contributed by atoms with Gasteiger partial charge in [-0.15, -0.1) is 11.6 Å². The molecule has 88 valence electrons. The third kappa shape index (κ3) is 2.98. The molecule has 1 atom stereocenters. The van der Waals surface area contributed by atoms with Crippen LogP contribution in [0.1, 0.15) is 29.8 Å². The summed E-state index contributed by atoms with van der Waals surface area (Å²) in [7, 11) is 0. The van der Waals surface area contributed by atoms with E-state index in [4.69, 9.17) is 11.6 Å².